The first-order valence-corrected chi connectivity index (χ1v) is 10.1. The highest BCUT2D eigenvalue weighted by molar-refractivity contribution is 7.89. The quantitative estimate of drug-likeness (QED) is 0.409. The van der Waals surface area contributed by atoms with Crippen molar-refractivity contribution in [3.8, 4) is 17.2 Å². The summed E-state index contributed by atoms with van der Waals surface area (Å²) >= 11 is 0. The van der Waals surface area contributed by atoms with Crippen molar-refractivity contribution < 1.29 is 26.8 Å². The number of hydrogen-bond donors (Lipinski definition) is 0. The van der Waals surface area contributed by atoms with Crippen LogP contribution < -0.4 is 4.74 Å². The van der Waals surface area contributed by atoms with Crippen molar-refractivity contribution in [1.82, 2.24) is 14.5 Å². The van der Waals surface area contributed by atoms with Gasteiger partial charge in [-0.3, -0.25) is 4.79 Å². The van der Waals surface area contributed by atoms with Crippen molar-refractivity contribution in [1.29, 1.82) is 0 Å². The molecule has 0 N–H and O–H groups in total. The van der Waals surface area contributed by atoms with Crippen molar-refractivity contribution in [2.24, 2.45) is 0 Å². The summed E-state index contributed by atoms with van der Waals surface area (Å²) in [6.45, 7) is 0.116. The van der Waals surface area contributed by atoms with E-state index in [0.29, 0.717) is 17.2 Å². The predicted octanol–water partition coefficient (Wildman–Crippen LogP) is 2.88. The lowest BCUT2D eigenvalue weighted by atomic mass is 10.2. The Balaban J connectivity index is 1.48. The molecule has 0 aliphatic carbocycles. The molecular weight excluding hydrogens is 401 g/mol. The van der Waals surface area contributed by atoms with Gasteiger partial charge in [0.15, 0.2) is 0 Å². The maximum Gasteiger partial charge on any atom is 0.311 e. The molecule has 1 aromatic heterocycles. The molecule has 0 atom stereocenters. The van der Waals surface area contributed by atoms with Gasteiger partial charge in [-0.2, -0.15) is 0 Å². The van der Waals surface area contributed by atoms with Crippen molar-refractivity contribution >= 4 is 16.0 Å². The van der Waals surface area contributed by atoms with Gasteiger partial charge in [0.1, 0.15) is 11.6 Å². The highest BCUT2D eigenvalue weighted by Gasteiger charge is 2.20. The second kappa shape index (κ2) is 8.93. The van der Waals surface area contributed by atoms with Gasteiger partial charge in [0.25, 0.3) is 0 Å². The molecule has 2 aromatic carbocycles. The number of ether oxygens (including phenoxy) is 1. The fourth-order valence-electron chi connectivity index (χ4n) is 2.50. The molecule has 0 aliphatic rings. The molecule has 0 saturated carbocycles. The van der Waals surface area contributed by atoms with E-state index in [0.717, 1.165) is 16.4 Å². The number of carbonyl (C=O) groups excluding carboxylic acids is 1. The van der Waals surface area contributed by atoms with Crippen LogP contribution in [0.25, 0.3) is 11.5 Å². The van der Waals surface area contributed by atoms with Gasteiger partial charge >= 0.3 is 5.97 Å². The number of carbonyl (C=O) groups is 1. The standard InChI is InChI=1S/C19H18FN3O5S/c1-23(29(25,26)17-10-6-15(20)7-11-17)12-2-3-18(24)28-16-8-4-14(5-9-16)19-22-21-13-27-19/h4-11,13H,2-3,12H2,1H3. The maximum absolute atomic E-state index is 13.0. The Bertz CT molecular complexity index is 1050. The number of sulfonamides is 1. The Morgan fingerprint density at radius 2 is 1.83 bits per heavy atom. The number of aromatic nitrogens is 2. The molecule has 1 heterocycles. The van der Waals surface area contributed by atoms with E-state index in [-0.39, 0.29) is 24.3 Å². The highest BCUT2D eigenvalue weighted by Crippen LogP contribution is 2.21. The van der Waals surface area contributed by atoms with Gasteiger partial charge in [0.05, 0.1) is 4.90 Å². The van der Waals surface area contributed by atoms with Crippen LogP contribution >= 0.6 is 0 Å². The molecule has 0 bridgehead atoms. The topological polar surface area (TPSA) is 103 Å². The average Bonchev–Trinajstić information content (AvgIpc) is 3.23. The second-order valence-corrected chi connectivity index (χ2v) is 8.17. The van der Waals surface area contributed by atoms with Gasteiger partial charge in [-0.05, 0) is 55.0 Å². The van der Waals surface area contributed by atoms with Crippen LogP contribution in [0.2, 0.25) is 0 Å². The smallest absolute Gasteiger partial charge is 0.311 e. The van der Waals surface area contributed by atoms with Crippen molar-refractivity contribution in [2.75, 3.05) is 13.6 Å². The van der Waals surface area contributed by atoms with Crippen molar-refractivity contribution in [2.45, 2.75) is 17.7 Å². The lowest BCUT2D eigenvalue weighted by Crippen LogP contribution is -2.28. The first-order chi connectivity index (χ1) is 13.9. The molecule has 0 spiro atoms. The molecule has 29 heavy (non-hydrogen) atoms. The van der Waals surface area contributed by atoms with E-state index in [4.69, 9.17) is 9.15 Å². The summed E-state index contributed by atoms with van der Waals surface area (Å²) in [5.41, 5.74) is 0.690. The molecule has 152 valence electrons. The summed E-state index contributed by atoms with van der Waals surface area (Å²) in [4.78, 5) is 12.0. The number of rotatable bonds is 8. The maximum atomic E-state index is 13.0. The fraction of sp³-hybridized carbons (Fsp3) is 0.211. The highest BCUT2D eigenvalue weighted by atomic mass is 32.2. The monoisotopic (exact) mass is 419 g/mol. The van der Waals surface area contributed by atoms with E-state index in [1.165, 1.54) is 25.6 Å². The van der Waals surface area contributed by atoms with Crippen LogP contribution in [0, 0.1) is 5.82 Å². The molecule has 0 amide bonds. The van der Waals surface area contributed by atoms with Gasteiger partial charge in [0.2, 0.25) is 22.3 Å². The summed E-state index contributed by atoms with van der Waals surface area (Å²) in [7, 11) is -2.34. The Kier molecular flexibility index (Phi) is 6.35. The van der Waals surface area contributed by atoms with E-state index in [2.05, 4.69) is 10.2 Å². The third kappa shape index (κ3) is 5.24. The second-order valence-electron chi connectivity index (χ2n) is 6.13. The number of esters is 1. The predicted molar refractivity (Wildman–Crippen MR) is 101 cm³/mol. The Hall–Kier alpha value is -3.11. The normalized spacial score (nSPS) is 11.6. The van der Waals surface area contributed by atoms with Crippen LogP contribution in [-0.2, 0) is 14.8 Å². The fourth-order valence-corrected chi connectivity index (χ4v) is 3.71. The van der Waals surface area contributed by atoms with Crippen molar-refractivity contribution in [3.63, 3.8) is 0 Å². The molecular formula is C19H18FN3O5S. The van der Waals surface area contributed by atoms with Crippen LogP contribution in [0.3, 0.4) is 0 Å². The van der Waals surface area contributed by atoms with E-state index < -0.39 is 21.8 Å². The van der Waals surface area contributed by atoms with E-state index in [9.17, 15) is 17.6 Å². The van der Waals surface area contributed by atoms with Crippen molar-refractivity contribution in [3.05, 3.63) is 60.7 Å². The van der Waals surface area contributed by atoms with Crippen LogP contribution in [0.15, 0.2) is 64.2 Å². The van der Waals surface area contributed by atoms with Gasteiger partial charge in [-0.1, -0.05) is 0 Å². The van der Waals surface area contributed by atoms with Crippen LogP contribution in [0.5, 0.6) is 5.75 Å². The zero-order valence-electron chi connectivity index (χ0n) is 15.5. The lowest BCUT2D eigenvalue weighted by Gasteiger charge is -2.17. The van der Waals surface area contributed by atoms with Crippen LogP contribution in [0.4, 0.5) is 4.39 Å². The molecule has 3 rings (SSSR count). The largest absolute Gasteiger partial charge is 0.427 e. The number of hydrogen-bond acceptors (Lipinski definition) is 7. The van der Waals surface area contributed by atoms with Gasteiger partial charge in [-0.15, -0.1) is 10.2 Å². The minimum absolute atomic E-state index is 0.00897. The molecule has 3 aromatic rings. The van der Waals surface area contributed by atoms with Gasteiger partial charge in [0, 0.05) is 25.6 Å². The molecule has 0 aliphatic heterocycles. The Morgan fingerprint density at radius 1 is 1.14 bits per heavy atom. The van der Waals surface area contributed by atoms with E-state index >= 15 is 0 Å². The zero-order valence-corrected chi connectivity index (χ0v) is 16.3. The Morgan fingerprint density at radius 3 is 2.45 bits per heavy atom. The molecule has 0 saturated heterocycles. The third-order valence-electron chi connectivity index (χ3n) is 4.07. The minimum Gasteiger partial charge on any atom is -0.427 e. The third-order valence-corrected chi connectivity index (χ3v) is 5.94. The summed E-state index contributed by atoms with van der Waals surface area (Å²) in [6, 6.07) is 11.1. The first kappa shape index (κ1) is 20.6. The molecule has 8 nitrogen and oxygen atoms in total. The van der Waals surface area contributed by atoms with Gasteiger partial charge in [-0.25, -0.2) is 17.1 Å². The zero-order chi connectivity index (χ0) is 20.9. The van der Waals surface area contributed by atoms with Crippen LogP contribution in [-0.4, -0.2) is 42.5 Å². The summed E-state index contributed by atoms with van der Waals surface area (Å²) in [5.74, 6) is -0.290. The SMILES string of the molecule is CN(CCCC(=O)Oc1ccc(-c2nnco2)cc1)S(=O)(=O)c1ccc(F)cc1. The lowest BCUT2D eigenvalue weighted by molar-refractivity contribution is -0.134. The summed E-state index contributed by atoms with van der Waals surface area (Å²) in [6.07, 6.45) is 1.53. The van der Waals surface area contributed by atoms with E-state index in [1.807, 2.05) is 0 Å². The molecule has 0 radical (unpaired) electrons. The minimum atomic E-state index is -3.74. The summed E-state index contributed by atoms with van der Waals surface area (Å²) in [5, 5.41) is 7.38. The average molecular weight is 419 g/mol. The number of halogens is 1. The first-order valence-electron chi connectivity index (χ1n) is 8.65. The van der Waals surface area contributed by atoms with Gasteiger partial charge < -0.3 is 9.15 Å². The molecule has 0 fully saturated rings. The Labute approximate surface area is 167 Å². The summed E-state index contributed by atoms with van der Waals surface area (Å²) < 4.78 is 49.2. The number of nitrogens with zero attached hydrogens (tertiary/aromatic N) is 3. The van der Waals surface area contributed by atoms with Crippen LogP contribution in [0.1, 0.15) is 12.8 Å². The number of benzene rings is 2. The molecule has 0 unspecified atom stereocenters. The van der Waals surface area contributed by atoms with E-state index in [1.54, 1.807) is 24.3 Å². The molecule has 10 heteroatoms.